The van der Waals surface area contributed by atoms with Crippen LogP contribution in [0.15, 0.2) is 30.3 Å². The zero-order valence-corrected chi connectivity index (χ0v) is 12.9. The van der Waals surface area contributed by atoms with Crippen LogP contribution in [-0.2, 0) is 0 Å². The molecule has 0 spiro atoms. The molecule has 0 unspecified atom stereocenters. The minimum Gasteiger partial charge on any atom is -0.486 e. The summed E-state index contributed by atoms with van der Waals surface area (Å²) >= 11 is 6.25. The van der Waals surface area contributed by atoms with Crippen LogP contribution in [0.4, 0.5) is 14.5 Å². The van der Waals surface area contributed by atoms with Crippen molar-refractivity contribution in [1.82, 2.24) is 0 Å². The Morgan fingerprint density at radius 1 is 1.27 bits per heavy atom. The molecule has 0 saturated heterocycles. The van der Waals surface area contributed by atoms with Crippen molar-refractivity contribution in [3.05, 3.63) is 47.0 Å². The summed E-state index contributed by atoms with van der Waals surface area (Å²) in [6, 6.07) is 7.42. The number of hydrogen-bond acceptors (Lipinski definition) is 2. The summed E-state index contributed by atoms with van der Waals surface area (Å²) in [4.78, 5) is 0. The Labute approximate surface area is 133 Å². The van der Waals surface area contributed by atoms with E-state index in [0.717, 1.165) is 24.6 Å². The van der Waals surface area contributed by atoms with Crippen molar-refractivity contribution in [2.45, 2.75) is 25.9 Å². The van der Waals surface area contributed by atoms with Crippen LogP contribution in [0.3, 0.4) is 0 Å². The topological polar surface area (TPSA) is 21.3 Å². The third-order valence-electron chi connectivity index (χ3n) is 3.74. The SMILES string of the molecule is CCC[C@H]1CNc2cc(-c3cccc(F)c3F)c(Cl)cc2O1. The van der Waals surface area contributed by atoms with Crippen LogP contribution in [0.2, 0.25) is 5.02 Å². The van der Waals surface area contributed by atoms with Crippen molar-refractivity contribution in [2.75, 3.05) is 11.9 Å². The number of benzene rings is 2. The first kappa shape index (κ1) is 15.1. The van der Waals surface area contributed by atoms with E-state index in [4.69, 9.17) is 16.3 Å². The van der Waals surface area contributed by atoms with Gasteiger partial charge in [-0.2, -0.15) is 0 Å². The van der Waals surface area contributed by atoms with Crippen LogP contribution in [0.1, 0.15) is 19.8 Å². The first-order valence-corrected chi connectivity index (χ1v) is 7.66. The minimum absolute atomic E-state index is 0.102. The lowest BCUT2D eigenvalue weighted by Crippen LogP contribution is -2.30. The zero-order chi connectivity index (χ0) is 15.7. The molecule has 2 nitrogen and oxygen atoms in total. The molecule has 0 fully saturated rings. The summed E-state index contributed by atoms with van der Waals surface area (Å²) in [7, 11) is 0. The smallest absolute Gasteiger partial charge is 0.166 e. The maximum Gasteiger partial charge on any atom is 0.166 e. The number of ether oxygens (including phenoxy) is 1. The molecule has 0 aromatic heterocycles. The van der Waals surface area contributed by atoms with Crippen LogP contribution in [0.5, 0.6) is 5.75 Å². The van der Waals surface area contributed by atoms with Gasteiger partial charge in [0.15, 0.2) is 11.6 Å². The lowest BCUT2D eigenvalue weighted by Gasteiger charge is -2.28. The molecule has 0 amide bonds. The Balaban J connectivity index is 2.00. The molecule has 1 atom stereocenters. The molecule has 1 N–H and O–H groups in total. The fourth-order valence-corrected chi connectivity index (χ4v) is 2.89. The Kier molecular flexibility index (Phi) is 4.21. The van der Waals surface area contributed by atoms with Crippen molar-refractivity contribution in [2.24, 2.45) is 0 Å². The van der Waals surface area contributed by atoms with Gasteiger partial charge in [-0.1, -0.05) is 37.1 Å². The average Bonchev–Trinajstić information content (AvgIpc) is 2.50. The maximum absolute atomic E-state index is 14.0. The molecule has 1 aliphatic rings. The molecule has 0 radical (unpaired) electrons. The molecule has 5 heteroatoms. The lowest BCUT2D eigenvalue weighted by atomic mass is 10.0. The van der Waals surface area contributed by atoms with Crippen molar-refractivity contribution in [1.29, 1.82) is 0 Å². The van der Waals surface area contributed by atoms with E-state index in [1.165, 1.54) is 12.1 Å². The van der Waals surface area contributed by atoms with E-state index in [2.05, 4.69) is 12.2 Å². The highest BCUT2D eigenvalue weighted by Crippen LogP contribution is 2.40. The number of rotatable bonds is 3. The second-order valence-electron chi connectivity index (χ2n) is 5.34. The molecule has 3 rings (SSSR count). The van der Waals surface area contributed by atoms with Crippen LogP contribution >= 0.6 is 11.6 Å². The van der Waals surface area contributed by atoms with Gasteiger partial charge in [-0.15, -0.1) is 0 Å². The van der Waals surface area contributed by atoms with Gasteiger partial charge >= 0.3 is 0 Å². The molecule has 1 aliphatic heterocycles. The molecule has 2 aromatic rings. The van der Waals surface area contributed by atoms with E-state index in [0.29, 0.717) is 22.9 Å². The van der Waals surface area contributed by atoms with Gasteiger partial charge < -0.3 is 10.1 Å². The summed E-state index contributed by atoms with van der Waals surface area (Å²) in [5.74, 6) is -1.14. The van der Waals surface area contributed by atoms with Gasteiger partial charge in [0.1, 0.15) is 11.9 Å². The second-order valence-corrected chi connectivity index (χ2v) is 5.75. The van der Waals surface area contributed by atoms with Crippen molar-refractivity contribution >= 4 is 17.3 Å². The molecule has 116 valence electrons. The highest BCUT2D eigenvalue weighted by Gasteiger charge is 2.22. The third-order valence-corrected chi connectivity index (χ3v) is 4.05. The van der Waals surface area contributed by atoms with Crippen LogP contribution in [0, 0.1) is 11.6 Å². The van der Waals surface area contributed by atoms with Crippen molar-refractivity contribution in [3.63, 3.8) is 0 Å². The average molecular weight is 324 g/mol. The minimum atomic E-state index is -0.898. The van der Waals surface area contributed by atoms with E-state index in [-0.39, 0.29) is 11.7 Å². The number of nitrogens with one attached hydrogen (secondary N) is 1. The number of fused-ring (bicyclic) bond motifs is 1. The van der Waals surface area contributed by atoms with Gasteiger partial charge in [0, 0.05) is 17.2 Å². The van der Waals surface area contributed by atoms with Crippen LogP contribution < -0.4 is 10.1 Å². The van der Waals surface area contributed by atoms with Gasteiger partial charge in [-0.25, -0.2) is 8.78 Å². The molecule has 0 aliphatic carbocycles. The van der Waals surface area contributed by atoms with Crippen molar-refractivity contribution < 1.29 is 13.5 Å². The molecule has 0 bridgehead atoms. The zero-order valence-electron chi connectivity index (χ0n) is 12.1. The highest BCUT2D eigenvalue weighted by atomic mass is 35.5. The van der Waals surface area contributed by atoms with Gasteiger partial charge in [-0.05, 0) is 18.6 Å². The molecular formula is C17H16ClF2NO. The second kappa shape index (κ2) is 6.13. The normalized spacial score (nSPS) is 16.6. The van der Waals surface area contributed by atoms with Gasteiger partial charge in [0.25, 0.3) is 0 Å². The Hall–Kier alpha value is -1.81. The molecular weight excluding hydrogens is 308 g/mol. The predicted molar refractivity (Wildman–Crippen MR) is 84.6 cm³/mol. The standard InChI is InChI=1S/C17H16ClF2NO/c1-2-4-10-9-21-15-7-12(13(18)8-16(15)22-10)11-5-3-6-14(19)17(11)20/h3,5-8,10,21H,2,4,9H2,1H3/t10-/m0/s1. The summed E-state index contributed by atoms with van der Waals surface area (Å²) in [6.45, 7) is 2.79. The molecule has 1 heterocycles. The van der Waals surface area contributed by atoms with E-state index in [1.54, 1.807) is 12.1 Å². The predicted octanol–water partition coefficient (Wildman–Crippen LogP) is 5.26. The maximum atomic E-state index is 14.0. The van der Waals surface area contributed by atoms with Crippen LogP contribution in [0.25, 0.3) is 11.1 Å². The summed E-state index contributed by atoms with van der Waals surface area (Å²) in [6.07, 6.45) is 2.08. The molecule has 22 heavy (non-hydrogen) atoms. The monoisotopic (exact) mass is 323 g/mol. The first-order valence-electron chi connectivity index (χ1n) is 7.28. The van der Waals surface area contributed by atoms with E-state index < -0.39 is 11.6 Å². The lowest BCUT2D eigenvalue weighted by molar-refractivity contribution is 0.195. The van der Waals surface area contributed by atoms with Gasteiger partial charge in [0.2, 0.25) is 0 Å². The largest absolute Gasteiger partial charge is 0.486 e. The Bertz CT molecular complexity index is 705. The highest BCUT2D eigenvalue weighted by molar-refractivity contribution is 6.33. The van der Waals surface area contributed by atoms with E-state index >= 15 is 0 Å². The Morgan fingerprint density at radius 2 is 2.09 bits per heavy atom. The third kappa shape index (κ3) is 2.75. The van der Waals surface area contributed by atoms with E-state index in [1.807, 2.05) is 0 Å². The number of hydrogen-bond donors (Lipinski definition) is 1. The van der Waals surface area contributed by atoms with Crippen molar-refractivity contribution in [3.8, 4) is 16.9 Å². The van der Waals surface area contributed by atoms with Gasteiger partial charge in [0.05, 0.1) is 17.3 Å². The molecule has 2 aromatic carbocycles. The number of anilines is 1. The van der Waals surface area contributed by atoms with Gasteiger partial charge in [-0.3, -0.25) is 0 Å². The fraction of sp³-hybridized carbons (Fsp3) is 0.294. The Morgan fingerprint density at radius 3 is 2.86 bits per heavy atom. The molecule has 0 saturated carbocycles. The fourth-order valence-electron chi connectivity index (χ4n) is 2.64. The summed E-state index contributed by atoms with van der Waals surface area (Å²) in [5, 5.41) is 3.60. The summed E-state index contributed by atoms with van der Waals surface area (Å²) in [5.41, 5.74) is 1.34. The quantitative estimate of drug-likeness (QED) is 0.832. The number of halogens is 3. The van der Waals surface area contributed by atoms with E-state index in [9.17, 15) is 8.78 Å². The first-order chi connectivity index (χ1) is 10.6. The summed E-state index contributed by atoms with van der Waals surface area (Å²) < 4.78 is 33.3. The van der Waals surface area contributed by atoms with Crippen LogP contribution in [-0.4, -0.2) is 12.6 Å².